The zero-order valence-corrected chi connectivity index (χ0v) is 16.0. The molecule has 3 rings (SSSR count). The summed E-state index contributed by atoms with van der Waals surface area (Å²) in [5.41, 5.74) is 2.59. The van der Waals surface area contributed by atoms with Crippen LogP contribution in [0.1, 0.15) is 31.7 Å². The normalized spacial score (nSPS) is 21.6. The summed E-state index contributed by atoms with van der Waals surface area (Å²) in [6.45, 7) is 4.50. The van der Waals surface area contributed by atoms with Crippen LogP contribution in [0.2, 0.25) is 0 Å². The number of nitrogens with zero attached hydrogens (tertiary/aromatic N) is 1. The highest BCUT2D eigenvalue weighted by Crippen LogP contribution is 2.26. The number of benzene rings is 1. The van der Waals surface area contributed by atoms with E-state index in [4.69, 9.17) is 4.74 Å². The van der Waals surface area contributed by atoms with Crippen LogP contribution >= 0.6 is 0 Å². The highest BCUT2D eigenvalue weighted by atomic mass is 16.5. The molecular weight excluding hydrogens is 322 g/mol. The van der Waals surface area contributed by atoms with Gasteiger partial charge in [-0.1, -0.05) is 48.6 Å². The Hall–Kier alpha value is -1.84. The minimum absolute atomic E-state index is 0.0269. The molecule has 0 saturated carbocycles. The minimum atomic E-state index is 0.0269. The lowest BCUT2D eigenvalue weighted by Gasteiger charge is -2.39. The van der Waals surface area contributed by atoms with Crippen molar-refractivity contribution in [1.29, 1.82) is 0 Å². The maximum absolute atomic E-state index is 9.71. The third kappa shape index (κ3) is 4.87. The number of methoxy groups -OCH3 is 1. The van der Waals surface area contributed by atoms with Crippen molar-refractivity contribution in [2.24, 2.45) is 5.92 Å². The van der Waals surface area contributed by atoms with E-state index < -0.39 is 0 Å². The van der Waals surface area contributed by atoms with Gasteiger partial charge in [-0.15, -0.1) is 0 Å². The molecule has 1 aliphatic heterocycles. The molecule has 1 heterocycles. The van der Waals surface area contributed by atoms with E-state index in [1.807, 2.05) is 12.2 Å². The van der Waals surface area contributed by atoms with Gasteiger partial charge in [0, 0.05) is 19.6 Å². The summed E-state index contributed by atoms with van der Waals surface area (Å²) >= 11 is 0. The zero-order chi connectivity index (χ0) is 18.4. The first-order valence-corrected chi connectivity index (χ1v) is 9.74. The zero-order valence-electron chi connectivity index (χ0n) is 16.0. The van der Waals surface area contributed by atoms with Crippen molar-refractivity contribution in [2.45, 2.75) is 44.8 Å². The second-order valence-corrected chi connectivity index (χ2v) is 7.50. The van der Waals surface area contributed by atoms with Crippen molar-refractivity contribution < 1.29 is 9.84 Å². The van der Waals surface area contributed by atoms with E-state index in [0.717, 1.165) is 24.6 Å². The van der Waals surface area contributed by atoms with E-state index in [2.05, 4.69) is 48.2 Å². The molecule has 2 aliphatic rings. The molecule has 2 atom stereocenters. The Morgan fingerprint density at radius 1 is 1.15 bits per heavy atom. The summed E-state index contributed by atoms with van der Waals surface area (Å²) in [5.74, 6) is 1.18. The molecule has 3 heteroatoms. The van der Waals surface area contributed by atoms with Gasteiger partial charge >= 0.3 is 0 Å². The van der Waals surface area contributed by atoms with Crippen LogP contribution in [0.15, 0.2) is 66.0 Å². The summed E-state index contributed by atoms with van der Waals surface area (Å²) in [6, 6.07) is 11.2. The molecule has 140 valence electrons. The molecule has 1 aromatic carbocycles. The van der Waals surface area contributed by atoms with Gasteiger partial charge in [-0.25, -0.2) is 0 Å². The molecule has 0 amide bonds. The standard InChI is InChI=1S/C23H31NO2/c1-18(23(26-2)21-9-6-10-22(25)12-11-21)24-15-13-20(14-16-24)17-19-7-4-3-5-8-19/h3-9,11-12,18,20,23,25H,10,13-17H2,1-2H3. The van der Waals surface area contributed by atoms with Gasteiger partial charge in [0.15, 0.2) is 0 Å². The average Bonchev–Trinajstić information content (AvgIpc) is 2.88. The Labute approximate surface area is 157 Å². The Morgan fingerprint density at radius 3 is 2.58 bits per heavy atom. The largest absolute Gasteiger partial charge is 0.512 e. The average molecular weight is 354 g/mol. The quantitative estimate of drug-likeness (QED) is 0.806. The third-order valence-electron chi connectivity index (χ3n) is 5.72. The van der Waals surface area contributed by atoms with Gasteiger partial charge in [0.05, 0.1) is 11.9 Å². The fourth-order valence-corrected chi connectivity index (χ4v) is 4.14. The van der Waals surface area contributed by atoms with Crippen molar-refractivity contribution >= 4 is 0 Å². The van der Waals surface area contributed by atoms with Gasteiger partial charge in [-0.2, -0.15) is 0 Å². The van der Waals surface area contributed by atoms with Crippen LogP contribution in [0, 0.1) is 5.92 Å². The van der Waals surface area contributed by atoms with E-state index in [0.29, 0.717) is 18.2 Å². The predicted molar refractivity (Wildman–Crippen MR) is 107 cm³/mol. The number of rotatable bonds is 6. The summed E-state index contributed by atoms with van der Waals surface area (Å²) in [7, 11) is 1.78. The van der Waals surface area contributed by atoms with Crippen molar-refractivity contribution in [3.8, 4) is 0 Å². The van der Waals surface area contributed by atoms with Gasteiger partial charge in [-0.3, -0.25) is 4.90 Å². The Kier molecular flexibility index (Phi) is 6.70. The number of piperidine rings is 1. The molecule has 1 aromatic rings. The number of aliphatic hydroxyl groups is 1. The SMILES string of the molecule is COC(C1=CC=C(O)CC=C1)C(C)N1CCC(Cc2ccccc2)CC1. The smallest absolute Gasteiger partial charge is 0.0973 e. The van der Waals surface area contributed by atoms with Gasteiger partial charge in [0.2, 0.25) is 0 Å². The molecule has 1 aliphatic carbocycles. The molecule has 1 saturated heterocycles. The first-order valence-electron chi connectivity index (χ1n) is 9.74. The number of hydrogen-bond acceptors (Lipinski definition) is 3. The third-order valence-corrected chi connectivity index (χ3v) is 5.72. The molecule has 0 spiro atoms. The molecular formula is C23H31NO2. The lowest BCUT2D eigenvalue weighted by molar-refractivity contribution is 0.0298. The van der Waals surface area contributed by atoms with Crippen LogP contribution in [0.4, 0.5) is 0 Å². The predicted octanol–water partition coefficient (Wildman–Crippen LogP) is 4.67. The van der Waals surface area contributed by atoms with Crippen LogP contribution in [0.3, 0.4) is 0 Å². The molecule has 2 unspecified atom stereocenters. The summed E-state index contributed by atoms with van der Waals surface area (Å²) in [4.78, 5) is 2.55. The fraction of sp³-hybridized carbons (Fsp3) is 0.478. The van der Waals surface area contributed by atoms with Crippen molar-refractivity contribution in [1.82, 2.24) is 4.90 Å². The van der Waals surface area contributed by atoms with Gasteiger partial charge < -0.3 is 9.84 Å². The van der Waals surface area contributed by atoms with Crippen LogP contribution in [-0.4, -0.2) is 42.4 Å². The Balaban J connectivity index is 1.57. The number of hydrogen-bond donors (Lipinski definition) is 1. The number of aliphatic hydroxyl groups excluding tert-OH is 1. The molecule has 0 aromatic heterocycles. The van der Waals surface area contributed by atoms with E-state index in [1.165, 1.54) is 24.8 Å². The fourth-order valence-electron chi connectivity index (χ4n) is 4.14. The number of ether oxygens (including phenoxy) is 1. The first-order chi connectivity index (χ1) is 12.7. The summed E-state index contributed by atoms with van der Waals surface area (Å²) in [6.07, 6.45) is 12.2. The highest BCUT2D eigenvalue weighted by Gasteiger charge is 2.29. The van der Waals surface area contributed by atoms with Crippen molar-refractivity contribution in [2.75, 3.05) is 20.2 Å². The van der Waals surface area contributed by atoms with Gasteiger partial charge in [0.25, 0.3) is 0 Å². The number of allylic oxidation sites excluding steroid dienone is 3. The maximum atomic E-state index is 9.71. The molecule has 26 heavy (non-hydrogen) atoms. The molecule has 1 fully saturated rings. The van der Waals surface area contributed by atoms with Crippen molar-refractivity contribution in [3.05, 3.63) is 71.5 Å². The van der Waals surface area contributed by atoms with E-state index >= 15 is 0 Å². The number of likely N-dealkylation sites (tertiary alicyclic amines) is 1. The molecule has 1 N–H and O–H groups in total. The minimum Gasteiger partial charge on any atom is -0.512 e. The Bertz CT molecular complexity index is 654. The van der Waals surface area contributed by atoms with Gasteiger partial charge in [0.1, 0.15) is 0 Å². The second-order valence-electron chi connectivity index (χ2n) is 7.50. The van der Waals surface area contributed by atoms with Crippen LogP contribution < -0.4 is 0 Å². The van der Waals surface area contributed by atoms with Crippen molar-refractivity contribution in [3.63, 3.8) is 0 Å². The van der Waals surface area contributed by atoms with Crippen LogP contribution in [0.5, 0.6) is 0 Å². The van der Waals surface area contributed by atoms with Crippen LogP contribution in [0.25, 0.3) is 0 Å². The lowest BCUT2D eigenvalue weighted by atomic mass is 9.89. The highest BCUT2D eigenvalue weighted by molar-refractivity contribution is 5.33. The van der Waals surface area contributed by atoms with Gasteiger partial charge in [-0.05, 0) is 62.4 Å². The van der Waals surface area contributed by atoms with Crippen LogP contribution in [-0.2, 0) is 11.2 Å². The monoisotopic (exact) mass is 353 g/mol. The molecule has 3 nitrogen and oxygen atoms in total. The Morgan fingerprint density at radius 2 is 1.88 bits per heavy atom. The molecule has 0 bridgehead atoms. The van der Waals surface area contributed by atoms with E-state index in [9.17, 15) is 5.11 Å². The maximum Gasteiger partial charge on any atom is 0.0973 e. The lowest BCUT2D eigenvalue weighted by Crippen LogP contribution is -2.47. The summed E-state index contributed by atoms with van der Waals surface area (Å²) in [5, 5.41) is 9.71. The summed E-state index contributed by atoms with van der Waals surface area (Å²) < 4.78 is 5.85. The van der Waals surface area contributed by atoms with E-state index in [-0.39, 0.29) is 6.10 Å². The molecule has 0 radical (unpaired) electrons. The van der Waals surface area contributed by atoms with E-state index in [1.54, 1.807) is 13.2 Å². The first kappa shape index (κ1) is 18.9. The second kappa shape index (κ2) is 9.20. The topological polar surface area (TPSA) is 32.7 Å².